The molecule has 0 saturated carbocycles. The molecule has 0 atom stereocenters. The van der Waals surface area contributed by atoms with Gasteiger partial charge in [0.1, 0.15) is 0 Å². The molecule has 4 aliphatic rings. The quantitative estimate of drug-likeness (QED) is 0.272. The number of hydrogen-bond donors (Lipinski definition) is 0. The van der Waals surface area contributed by atoms with E-state index in [9.17, 15) is 0 Å². The standard InChI is InChI=1S/4C6H7.2C2H6Si.2ClH.2Zr/c4*1-6-4-2-3-5-6;2*1-3-2;;;;/h4*4-5H,2H2,1H3;2*1-2H3;2*1H;;/q4*-1;;;;;2*+2/p-2. The fraction of sp³-hybridized carbons (Fsp3) is 0.429. The zero-order valence-corrected chi connectivity index (χ0v) is 30.6. The van der Waals surface area contributed by atoms with Crippen LogP contribution in [0.25, 0.3) is 0 Å². The Morgan fingerprint density at radius 2 is 0.647 bits per heavy atom. The van der Waals surface area contributed by atoms with Crippen molar-refractivity contribution in [3.8, 4) is 0 Å². The normalized spacial score (nSPS) is 14.7. The van der Waals surface area contributed by atoms with Gasteiger partial charge in [0.15, 0.2) is 0 Å². The Bertz CT molecular complexity index is 669. The fourth-order valence-corrected chi connectivity index (χ4v) is 2.00. The summed E-state index contributed by atoms with van der Waals surface area (Å²) in [5.74, 6) is 0. The summed E-state index contributed by atoms with van der Waals surface area (Å²) in [5.41, 5.74) is 5.79. The summed E-state index contributed by atoms with van der Waals surface area (Å²) in [6, 6.07) is 0. The summed E-state index contributed by atoms with van der Waals surface area (Å²) in [6.45, 7) is 17.6. The minimum absolute atomic E-state index is 0. The maximum atomic E-state index is 3.05. The third-order valence-electron chi connectivity index (χ3n) is 3.49. The van der Waals surface area contributed by atoms with E-state index < -0.39 is 0 Å². The molecule has 0 aromatic heterocycles. The van der Waals surface area contributed by atoms with E-state index in [1.165, 1.54) is 22.3 Å². The number of halogens is 2. The first-order valence-electron chi connectivity index (χ1n) is 11.0. The molecule has 0 aliphatic heterocycles. The molecule has 184 valence electrons. The third kappa shape index (κ3) is 39.9. The van der Waals surface area contributed by atoms with Gasteiger partial charge in [-0.25, -0.2) is 46.6 Å². The molecule has 4 rings (SSSR count). The summed E-state index contributed by atoms with van der Waals surface area (Å²) in [5, 5.41) is 0. The second kappa shape index (κ2) is 29.9. The zero-order chi connectivity index (χ0) is 24.8. The molecule has 6 heteroatoms. The van der Waals surface area contributed by atoms with Crippen molar-refractivity contribution in [2.75, 3.05) is 0 Å². The molecule has 0 fully saturated rings. The predicted octanol–water partition coefficient (Wildman–Crippen LogP) is 2.36. The van der Waals surface area contributed by atoms with Crippen LogP contribution in [0.3, 0.4) is 0 Å². The molecular weight excluding hydrogens is 646 g/mol. The van der Waals surface area contributed by atoms with E-state index in [0.29, 0.717) is 0 Å². The van der Waals surface area contributed by atoms with Gasteiger partial charge in [-0.15, -0.1) is 53.4 Å². The molecule has 0 radical (unpaired) electrons. The Hall–Kier alpha value is 0.700. The van der Waals surface area contributed by atoms with E-state index in [2.05, 4.69) is 102 Å². The Morgan fingerprint density at radius 3 is 0.676 bits per heavy atom. The van der Waals surface area contributed by atoms with Crippen LogP contribution < -0.4 is 24.8 Å². The number of hydrogen-bond acceptors (Lipinski definition) is 0. The van der Waals surface area contributed by atoms with E-state index in [-0.39, 0.29) is 35.7 Å². The van der Waals surface area contributed by atoms with E-state index in [1.807, 2.05) is 24.3 Å². The smallest absolute Gasteiger partial charge is 1.00 e. The van der Waals surface area contributed by atoms with E-state index in [1.54, 1.807) is 46.7 Å². The van der Waals surface area contributed by atoms with Crippen LogP contribution in [0.5, 0.6) is 0 Å². The van der Waals surface area contributed by atoms with Gasteiger partial charge in [-0.2, -0.15) is 24.3 Å². The second-order valence-electron chi connectivity index (χ2n) is 8.00. The third-order valence-corrected chi connectivity index (χ3v) is 3.49. The van der Waals surface area contributed by atoms with Crippen molar-refractivity contribution >= 4 is 10.9 Å². The van der Waals surface area contributed by atoms with Gasteiger partial charge in [0, 0.05) is 0 Å². The van der Waals surface area contributed by atoms with Gasteiger partial charge in [-0.1, -0.05) is 0 Å². The molecule has 0 heterocycles. The topological polar surface area (TPSA) is 0 Å². The maximum absolute atomic E-state index is 3.05. The van der Waals surface area contributed by atoms with Crippen molar-refractivity contribution < 1.29 is 71.5 Å². The van der Waals surface area contributed by atoms with Crippen LogP contribution in [0.1, 0.15) is 53.4 Å². The Balaban J connectivity index is -0.000000159. The minimum atomic E-state index is 0. The zero-order valence-electron chi connectivity index (χ0n) is 22.2. The monoisotopic (exact) mass is 682 g/mol. The molecule has 4 aliphatic carbocycles. The summed E-state index contributed by atoms with van der Waals surface area (Å²) >= 11 is 3.48. The van der Waals surface area contributed by atoms with Crippen LogP contribution in [0.4, 0.5) is 0 Å². The molecule has 0 aromatic carbocycles. The average Bonchev–Trinajstić information content (AvgIpc) is 3.47. The van der Waals surface area contributed by atoms with Crippen LogP contribution in [-0.4, -0.2) is 10.9 Å². The van der Waals surface area contributed by atoms with Gasteiger partial charge in [-0.05, 0) is 0 Å². The molecule has 0 nitrogen and oxygen atoms in total. The summed E-state index contributed by atoms with van der Waals surface area (Å²) < 4.78 is 0. The predicted molar refractivity (Wildman–Crippen MR) is 140 cm³/mol. The Morgan fingerprint density at radius 1 is 0.500 bits per heavy atom. The maximum Gasteiger partial charge on any atom is -1.00 e. The van der Waals surface area contributed by atoms with E-state index in [4.69, 9.17) is 0 Å². The van der Waals surface area contributed by atoms with Gasteiger partial charge < -0.3 is 24.8 Å². The van der Waals surface area contributed by atoms with Crippen molar-refractivity contribution in [2.45, 2.75) is 79.6 Å². The van der Waals surface area contributed by atoms with Crippen LogP contribution in [0.15, 0.2) is 70.9 Å². The van der Waals surface area contributed by atoms with Gasteiger partial charge in [0.05, 0.1) is 0 Å². The molecule has 0 amide bonds. The van der Waals surface area contributed by atoms with E-state index in [0.717, 1.165) is 25.7 Å². The Labute approximate surface area is 254 Å². The fourth-order valence-electron chi connectivity index (χ4n) is 2.00. The minimum Gasteiger partial charge on any atom is -1.00 e. The number of allylic oxidation sites excluding steroid dienone is 16. The van der Waals surface area contributed by atoms with Crippen LogP contribution in [0.2, 0.25) is 26.2 Å². The van der Waals surface area contributed by atoms with Crippen LogP contribution in [0, 0.1) is 24.3 Å². The van der Waals surface area contributed by atoms with Gasteiger partial charge >= 0.3 is 83.7 Å². The summed E-state index contributed by atoms with van der Waals surface area (Å²) in [6.07, 6.45) is 33.0. The van der Waals surface area contributed by atoms with Crippen molar-refractivity contribution in [3.63, 3.8) is 0 Å². The second-order valence-corrected chi connectivity index (χ2v) is 26.8. The van der Waals surface area contributed by atoms with E-state index >= 15 is 0 Å². The first kappa shape index (κ1) is 41.8. The average molecular weight is 686 g/mol. The van der Waals surface area contributed by atoms with Crippen molar-refractivity contribution in [2.24, 2.45) is 0 Å². The molecule has 0 N–H and O–H groups in total. The van der Waals surface area contributed by atoms with Gasteiger partial charge in [-0.3, -0.25) is 24.3 Å². The Kier molecular flexibility index (Phi) is 36.8. The largest absolute Gasteiger partial charge is 1.00 e. The van der Waals surface area contributed by atoms with Crippen LogP contribution >= 0.6 is 0 Å². The van der Waals surface area contributed by atoms with Gasteiger partial charge in [0.2, 0.25) is 0 Å². The first-order valence-corrected chi connectivity index (χ1v) is 23.4. The number of rotatable bonds is 0. The SMILES string of the molecule is CC1=CC[C-]=C1.CC1=CC[C-]=C1.CC1=CC[C-]=C1.CC1=CC[C-]=C1.C[Si](C)=[Zr+2].C[Si](C)=[Zr+2].[Cl-].[Cl-]. The molecule has 34 heavy (non-hydrogen) atoms. The summed E-state index contributed by atoms with van der Waals surface area (Å²) in [4.78, 5) is 0. The molecule has 0 spiro atoms. The van der Waals surface area contributed by atoms with Crippen LogP contribution in [-0.2, 0) is 46.7 Å². The first-order chi connectivity index (χ1) is 15.0. The molecule has 0 bridgehead atoms. The molecule has 0 unspecified atom stereocenters. The van der Waals surface area contributed by atoms with Crippen molar-refractivity contribution in [1.29, 1.82) is 0 Å². The molecular formula is C28H40Cl2Si2Zr2-2. The van der Waals surface area contributed by atoms with Crippen molar-refractivity contribution in [1.82, 2.24) is 0 Å². The van der Waals surface area contributed by atoms with Crippen molar-refractivity contribution in [3.05, 3.63) is 95.2 Å². The molecule has 0 aromatic rings. The van der Waals surface area contributed by atoms with Gasteiger partial charge in [0.25, 0.3) is 0 Å². The molecule has 0 saturated heterocycles. The summed E-state index contributed by atoms with van der Waals surface area (Å²) in [7, 11) is 0.